The Morgan fingerprint density at radius 2 is 1.71 bits per heavy atom. The summed E-state index contributed by atoms with van der Waals surface area (Å²) in [6, 6.07) is 5.54. The highest BCUT2D eigenvalue weighted by Gasteiger charge is 2.14. The maximum absolute atomic E-state index is 13.7. The summed E-state index contributed by atoms with van der Waals surface area (Å²) in [5.41, 5.74) is 0.623. The number of para-hydroxylation sites is 1. The lowest BCUT2D eigenvalue weighted by Crippen LogP contribution is -2.21. The highest BCUT2D eigenvalue weighted by atomic mass is 79.9. The first-order valence-corrected chi connectivity index (χ1v) is 7.27. The molecule has 1 N–H and O–H groups in total. The fraction of sp³-hybridized carbons (Fsp3) is 0.571. The van der Waals surface area contributed by atoms with Crippen molar-refractivity contribution < 1.29 is 4.39 Å². The van der Waals surface area contributed by atoms with Crippen molar-refractivity contribution in [1.29, 1.82) is 0 Å². The molecule has 0 radical (unpaired) electrons. The van der Waals surface area contributed by atoms with E-state index in [0.29, 0.717) is 11.7 Å². The van der Waals surface area contributed by atoms with Gasteiger partial charge in [-0.05, 0) is 40.9 Å². The molecule has 1 aliphatic rings. The van der Waals surface area contributed by atoms with Gasteiger partial charge in [-0.15, -0.1) is 0 Å². The molecule has 0 aliphatic heterocycles. The first-order chi connectivity index (χ1) is 8.27. The van der Waals surface area contributed by atoms with Crippen LogP contribution in [-0.4, -0.2) is 6.04 Å². The minimum absolute atomic E-state index is 0.165. The Morgan fingerprint density at radius 3 is 2.35 bits per heavy atom. The van der Waals surface area contributed by atoms with Gasteiger partial charge in [0.05, 0.1) is 5.69 Å². The Morgan fingerprint density at radius 1 is 1.06 bits per heavy atom. The van der Waals surface area contributed by atoms with E-state index >= 15 is 0 Å². The number of benzene rings is 1. The largest absolute Gasteiger partial charge is 0.379 e. The fourth-order valence-electron chi connectivity index (χ4n) is 2.44. The topological polar surface area (TPSA) is 12.0 Å². The van der Waals surface area contributed by atoms with E-state index in [2.05, 4.69) is 21.2 Å². The van der Waals surface area contributed by atoms with Gasteiger partial charge < -0.3 is 5.32 Å². The zero-order valence-corrected chi connectivity index (χ0v) is 11.6. The molecule has 0 bridgehead atoms. The molecule has 1 aliphatic carbocycles. The predicted molar refractivity (Wildman–Crippen MR) is 73.8 cm³/mol. The average Bonchev–Trinajstić information content (AvgIpc) is 2.26. The molecule has 0 saturated heterocycles. The van der Waals surface area contributed by atoms with E-state index in [1.807, 2.05) is 6.07 Å². The molecule has 94 valence electrons. The van der Waals surface area contributed by atoms with Crippen molar-refractivity contribution in [2.45, 2.75) is 51.0 Å². The second-order valence-electron chi connectivity index (χ2n) is 4.78. The minimum Gasteiger partial charge on any atom is -0.379 e. The smallest absolute Gasteiger partial charge is 0.147 e. The van der Waals surface area contributed by atoms with E-state index in [-0.39, 0.29) is 5.82 Å². The molecular weight excluding hydrogens is 281 g/mol. The maximum atomic E-state index is 13.7. The molecule has 0 unspecified atom stereocenters. The number of hydrogen-bond acceptors (Lipinski definition) is 1. The number of halogens is 2. The zero-order chi connectivity index (χ0) is 12.1. The summed E-state index contributed by atoms with van der Waals surface area (Å²) in [4.78, 5) is 0. The van der Waals surface area contributed by atoms with Gasteiger partial charge in [0.1, 0.15) is 5.82 Å². The summed E-state index contributed by atoms with van der Waals surface area (Å²) in [6.45, 7) is 0. The number of rotatable bonds is 2. The average molecular weight is 300 g/mol. The number of nitrogens with one attached hydrogen (secondary N) is 1. The van der Waals surface area contributed by atoms with Crippen LogP contribution < -0.4 is 5.32 Å². The van der Waals surface area contributed by atoms with Crippen molar-refractivity contribution in [2.75, 3.05) is 5.32 Å². The normalized spacial score (nSPS) is 18.5. The molecule has 1 saturated carbocycles. The molecule has 0 heterocycles. The third-order valence-corrected chi connectivity index (χ3v) is 4.08. The van der Waals surface area contributed by atoms with Gasteiger partial charge >= 0.3 is 0 Å². The van der Waals surface area contributed by atoms with Crippen molar-refractivity contribution >= 4 is 21.6 Å². The lowest BCUT2D eigenvalue weighted by molar-refractivity contribution is 0.469. The first kappa shape index (κ1) is 12.9. The molecule has 0 atom stereocenters. The zero-order valence-electron chi connectivity index (χ0n) is 10.0. The van der Waals surface area contributed by atoms with Gasteiger partial charge in [-0.1, -0.05) is 38.2 Å². The third-order valence-electron chi connectivity index (χ3n) is 3.42. The van der Waals surface area contributed by atoms with Crippen molar-refractivity contribution in [1.82, 2.24) is 0 Å². The number of hydrogen-bond donors (Lipinski definition) is 1. The SMILES string of the molecule is Fc1cccc(Br)c1NC1CCCCCCC1. The highest BCUT2D eigenvalue weighted by Crippen LogP contribution is 2.28. The van der Waals surface area contributed by atoms with E-state index in [1.165, 1.54) is 38.2 Å². The second-order valence-corrected chi connectivity index (χ2v) is 5.64. The highest BCUT2D eigenvalue weighted by molar-refractivity contribution is 9.10. The van der Waals surface area contributed by atoms with Gasteiger partial charge in [0.25, 0.3) is 0 Å². The van der Waals surface area contributed by atoms with Gasteiger partial charge in [-0.3, -0.25) is 0 Å². The van der Waals surface area contributed by atoms with Crippen LogP contribution in [0.15, 0.2) is 22.7 Å². The molecule has 2 rings (SSSR count). The van der Waals surface area contributed by atoms with Crippen LogP contribution in [0.4, 0.5) is 10.1 Å². The molecule has 17 heavy (non-hydrogen) atoms. The fourth-order valence-corrected chi connectivity index (χ4v) is 2.90. The van der Waals surface area contributed by atoms with E-state index in [9.17, 15) is 4.39 Å². The van der Waals surface area contributed by atoms with Gasteiger partial charge in [0.2, 0.25) is 0 Å². The van der Waals surface area contributed by atoms with Crippen LogP contribution in [0.5, 0.6) is 0 Å². The third kappa shape index (κ3) is 3.70. The Labute approximate surface area is 111 Å². The summed E-state index contributed by atoms with van der Waals surface area (Å²) in [5, 5.41) is 3.36. The first-order valence-electron chi connectivity index (χ1n) is 6.48. The molecule has 1 aromatic rings. The Kier molecular flexibility index (Phi) is 4.84. The Balaban J connectivity index is 2.03. The summed E-state index contributed by atoms with van der Waals surface area (Å²) < 4.78 is 14.5. The quantitative estimate of drug-likeness (QED) is 0.800. The Hall–Kier alpha value is -0.570. The van der Waals surface area contributed by atoms with Gasteiger partial charge in [-0.2, -0.15) is 0 Å². The van der Waals surface area contributed by atoms with Crippen molar-refractivity contribution in [2.24, 2.45) is 0 Å². The van der Waals surface area contributed by atoms with E-state index in [0.717, 1.165) is 17.3 Å². The summed E-state index contributed by atoms with van der Waals surface area (Å²) in [7, 11) is 0. The summed E-state index contributed by atoms with van der Waals surface area (Å²) in [5.74, 6) is -0.165. The van der Waals surface area contributed by atoms with Gasteiger partial charge in [0, 0.05) is 10.5 Å². The van der Waals surface area contributed by atoms with Crippen LogP contribution in [0.1, 0.15) is 44.9 Å². The van der Waals surface area contributed by atoms with Crippen LogP contribution in [0.25, 0.3) is 0 Å². The standard InChI is InChI=1S/C14H19BrFN/c15-12-9-6-10-13(16)14(12)17-11-7-4-2-1-3-5-8-11/h6,9-11,17H,1-5,7-8H2. The molecule has 0 amide bonds. The maximum Gasteiger partial charge on any atom is 0.147 e. The van der Waals surface area contributed by atoms with Crippen molar-refractivity contribution in [3.8, 4) is 0 Å². The van der Waals surface area contributed by atoms with Crippen LogP contribution in [0.2, 0.25) is 0 Å². The van der Waals surface area contributed by atoms with E-state index in [1.54, 1.807) is 6.07 Å². The summed E-state index contributed by atoms with van der Waals surface area (Å²) >= 11 is 3.41. The molecular formula is C14H19BrFN. The monoisotopic (exact) mass is 299 g/mol. The van der Waals surface area contributed by atoms with E-state index in [4.69, 9.17) is 0 Å². The lowest BCUT2D eigenvalue weighted by Gasteiger charge is -2.23. The van der Waals surface area contributed by atoms with Gasteiger partial charge in [0.15, 0.2) is 0 Å². The minimum atomic E-state index is -0.165. The Bertz CT molecular complexity index is 339. The lowest BCUT2D eigenvalue weighted by atomic mass is 9.96. The molecule has 0 spiro atoms. The van der Waals surface area contributed by atoms with E-state index < -0.39 is 0 Å². The van der Waals surface area contributed by atoms with Crippen LogP contribution in [0, 0.1) is 5.82 Å². The second kappa shape index (κ2) is 6.39. The molecule has 1 nitrogen and oxygen atoms in total. The van der Waals surface area contributed by atoms with Crippen LogP contribution in [0.3, 0.4) is 0 Å². The predicted octanol–water partition coefficient (Wildman–Crippen LogP) is 5.11. The summed E-state index contributed by atoms with van der Waals surface area (Å²) in [6.07, 6.45) is 8.80. The molecule has 0 aromatic heterocycles. The van der Waals surface area contributed by atoms with Crippen LogP contribution >= 0.6 is 15.9 Å². The molecule has 1 aromatic carbocycles. The van der Waals surface area contributed by atoms with Crippen molar-refractivity contribution in [3.63, 3.8) is 0 Å². The van der Waals surface area contributed by atoms with Crippen molar-refractivity contribution in [3.05, 3.63) is 28.5 Å². The van der Waals surface area contributed by atoms with Crippen LogP contribution in [-0.2, 0) is 0 Å². The molecule has 3 heteroatoms. The molecule has 1 fully saturated rings. The number of anilines is 1. The van der Waals surface area contributed by atoms with Gasteiger partial charge in [-0.25, -0.2) is 4.39 Å².